The number of sulfone groups is 1. The summed E-state index contributed by atoms with van der Waals surface area (Å²) in [4.78, 5) is 29.4. The summed E-state index contributed by atoms with van der Waals surface area (Å²) in [6, 6.07) is 22.0. The minimum Gasteiger partial charge on any atom is -0.357 e. The lowest BCUT2D eigenvalue weighted by Gasteiger charge is -2.48. The van der Waals surface area contributed by atoms with Crippen LogP contribution < -0.4 is 5.32 Å². The zero-order valence-corrected chi connectivity index (χ0v) is 26.7. The van der Waals surface area contributed by atoms with Crippen molar-refractivity contribution in [1.82, 2.24) is 4.90 Å². The first kappa shape index (κ1) is 31.5. The summed E-state index contributed by atoms with van der Waals surface area (Å²) in [5, 5.41) is 3.86. The number of benzene rings is 3. The van der Waals surface area contributed by atoms with Gasteiger partial charge < -0.3 is 15.0 Å². The smallest absolute Gasteiger partial charge is 0.253 e. The van der Waals surface area contributed by atoms with E-state index >= 15 is 0 Å². The van der Waals surface area contributed by atoms with Crippen molar-refractivity contribution >= 4 is 50.5 Å². The first-order chi connectivity index (χ1) is 20.3. The Morgan fingerprint density at radius 2 is 1.63 bits per heavy atom. The van der Waals surface area contributed by atoms with Gasteiger partial charge in [-0.2, -0.15) is 0 Å². The molecule has 2 amide bonds. The van der Waals surface area contributed by atoms with Crippen molar-refractivity contribution in [3.8, 4) is 0 Å². The quantitative estimate of drug-likeness (QED) is 0.271. The molecule has 1 aliphatic heterocycles. The van der Waals surface area contributed by atoms with Gasteiger partial charge in [0.15, 0.2) is 9.84 Å². The maximum atomic E-state index is 14.5. The molecule has 1 saturated carbocycles. The minimum absolute atomic E-state index is 0.00721. The molecule has 0 unspecified atom stereocenters. The molecule has 1 heterocycles. The zero-order chi connectivity index (χ0) is 30.9. The molecule has 0 bridgehead atoms. The van der Waals surface area contributed by atoms with Crippen LogP contribution >= 0.6 is 23.2 Å². The normalized spacial score (nSPS) is 21.8. The predicted molar refractivity (Wildman–Crippen MR) is 170 cm³/mol. The van der Waals surface area contributed by atoms with E-state index in [9.17, 15) is 18.0 Å². The van der Waals surface area contributed by atoms with Crippen molar-refractivity contribution in [1.29, 1.82) is 0 Å². The highest BCUT2D eigenvalue weighted by molar-refractivity contribution is 7.92. The van der Waals surface area contributed by atoms with Crippen molar-refractivity contribution < 1.29 is 22.7 Å². The maximum absolute atomic E-state index is 14.5. The summed E-state index contributed by atoms with van der Waals surface area (Å²) in [7, 11) is -3.61. The number of anilines is 1. The Bertz CT molecular complexity index is 1570. The van der Waals surface area contributed by atoms with E-state index in [1.807, 2.05) is 24.3 Å². The molecule has 1 saturated heterocycles. The number of hydrogen-bond acceptors (Lipinski definition) is 5. The molecule has 3 aromatic carbocycles. The fourth-order valence-corrected chi connectivity index (χ4v) is 7.21. The third-order valence-corrected chi connectivity index (χ3v) is 11.2. The number of ether oxygens (including phenoxy) is 1. The first-order valence-corrected chi connectivity index (χ1v) is 16.8. The lowest BCUT2D eigenvalue weighted by Crippen LogP contribution is -2.58. The lowest BCUT2D eigenvalue weighted by atomic mass is 9.89. The molecule has 1 aliphatic carbocycles. The van der Waals surface area contributed by atoms with Crippen LogP contribution in [0.3, 0.4) is 0 Å². The van der Waals surface area contributed by atoms with E-state index in [0.29, 0.717) is 21.3 Å². The predicted octanol–water partition coefficient (Wildman–Crippen LogP) is 7.02. The van der Waals surface area contributed by atoms with Crippen LogP contribution in [0.25, 0.3) is 0 Å². The standard InChI is InChI=1S/C33H36Cl2N2O5S/c1-33(2,3)43(40,41)20-27(21-12-13-21)37-30(22-14-16-24(34)17-15-22)31(23-8-7-9-25(35)18-23)42-28(32(37)39)19-29(38)36-26-10-5-4-6-11-26/h4-11,14-18,21,27-28,30-31H,12-13,19-20H2,1-3H3,(H,36,38)/t27-,28+,30-,31-/m1/s1. The number of carbonyl (C=O) groups is 2. The van der Waals surface area contributed by atoms with Crippen LogP contribution in [0.4, 0.5) is 5.69 Å². The molecular weight excluding hydrogens is 607 g/mol. The highest BCUT2D eigenvalue weighted by atomic mass is 35.5. The number of nitrogens with one attached hydrogen (secondary N) is 1. The molecule has 10 heteroatoms. The molecule has 0 radical (unpaired) electrons. The third-order valence-electron chi connectivity index (χ3n) is 8.09. The molecule has 7 nitrogen and oxygen atoms in total. The van der Waals surface area contributed by atoms with E-state index in [-0.39, 0.29) is 24.0 Å². The molecule has 4 atom stereocenters. The monoisotopic (exact) mass is 642 g/mol. The molecule has 2 fully saturated rings. The zero-order valence-electron chi connectivity index (χ0n) is 24.4. The van der Waals surface area contributed by atoms with E-state index in [4.69, 9.17) is 27.9 Å². The van der Waals surface area contributed by atoms with Crippen molar-refractivity contribution in [3.05, 3.63) is 100 Å². The van der Waals surface area contributed by atoms with Gasteiger partial charge in [0, 0.05) is 21.8 Å². The van der Waals surface area contributed by atoms with Crippen LogP contribution in [0.2, 0.25) is 10.0 Å². The van der Waals surface area contributed by atoms with Crippen LogP contribution in [0.1, 0.15) is 63.3 Å². The van der Waals surface area contributed by atoms with Crippen LogP contribution in [0, 0.1) is 5.92 Å². The van der Waals surface area contributed by atoms with Gasteiger partial charge >= 0.3 is 0 Å². The minimum atomic E-state index is -3.61. The molecular formula is C33H36Cl2N2O5S. The number of amides is 2. The van der Waals surface area contributed by atoms with Crippen molar-refractivity contribution in [2.24, 2.45) is 5.92 Å². The summed E-state index contributed by atoms with van der Waals surface area (Å²) in [5.41, 5.74) is 2.06. The van der Waals surface area contributed by atoms with Gasteiger partial charge in [0.1, 0.15) is 12.2 Å². The summed E-state index contributed by atoms with van der Waals surface area (Å²) in [6.07, 6.45) is -0.495. The summed E-state index contributed by atoms with van der Waals surface area (Å²) in [5.74, 6) is -0.984. The van der Waals surface area contributed by atoms with Gasteiger partial charge in [0.05, 0.1) is 23.0 Å². The van der Waals surface area contributed by atoms with E-state index in [1.54, 1.807) is 80.3 Å². The number of morpholine rings is 1. The average Bonchev–Trinajstić information content (AvgIpc) is 3.79. The largest absolute Gasteiger partial charge is 0.357 e. The van der Waals surface area contributed by atoms with Crippen molar-refractivity contribution in [2.45, 2.75) is 69.1 Å². The van der Waals surface area contributed by atoms with Crippen molar-refractivity contribution in [3.63, 3.8) is 0 Å². The fourth-order valence-electron chi connectivity index (χ4n) is 5.50. The summed E-state index contributed by atoms with van der Waals surface area (Å²) in [6.45, 7) is 5.03. The second kappa shape index (κ2) is 12.6. The molecule has 1 N–H and O–H groups in total. The van der Waals surface area contributed by atoms with Gasteiger partial charge in [-0.25, -0.2) is 8.42 Å². The summed E-state index contributed by atoms with van der Waals surface area (Å²) >= 11 is 12.7. The Hall–Kier alpha value is -2.91. The van der Waals surface area contributed by atoms with E-state index in [2.05, 4.69) is 5.32 Å². The van der Waals surface area contributed by atoms with Gasteiger partial charge in [-0.1, -0.05) is 65.7 Å². The van der Waals surface area contributed by atoms with Crippen LogP contribution in [-0.2, 0) is 24.2 Å². The Morgan fingerprint density at radius 1 is 0.953 bits per heavy atom. The van der Waals surface area contributed by atoms with Crippen LogP contribution in [0.5, 0.6) is 0 Å². The van der Waals surface area contributed by atoms with Gasteiger partial charge in [-0.3, -0.25) is 9.59 Å². The second-order valence-corrected chi connectivity index (χ2v) is 15.9. The molecule has 0 aromatic heterocycles. The Morgan fingerprint density at radius 3 is 2.23 bits per heavy atom. The topological polar surface area (TPSA) is 92.8 Å². The molecule has 5 rings (SSSR count). The second-order valence-electron chi connectivity index (χ2n) is 12.3. The number of hydrogen-bond donors (Lipinski definition) is 1. The molecule has 3 aromatic rings. The van der Waals surface area contributed by atoms with Crippen molar-refractivity contribution in [2.75, 3.05) is 11.1 Å². The average molecular weight is 644 g/mol. The van der Waals surface area contributed by atoms with Crippen LogP contribution in [0.15, 0.2) is 78.9 Å². The highest BCUT2D eigenvalue weighted by Crippen LogP contribution is 2.48. The number of rotatable bonds is 9. The van der Waals surface area contributed by atoms with E-state index in [0.717, 1.165) is 18.4 Å². The number of carbonyl (C=O) groups excluding carboxylic acids is 2. The SMILES string of the molecule is CC(C)(C)S(=O)(=O)C[C@H](C1CC1)N1C(=O)[C@H](CC(=O)Nc2ccccc2)O[C@H](c2cccc(Cl)c2)[C@H]1c1ccc(Cl)cc1. The highest BCUT2D eigenvalue weighted by Gasteiger charge is 2.52. The van der Waals surface area contributed by atoms with Gasteiger partial charge in [0.2, 0.25) is 5.91 Å². The third kappa shape index (κ3) is 7.26. The van der Waals surface area contributed by atoms with Crippen LogP contribution in [-0.4, -0.2) is 47.8 Å². The molecule has 2 aliphatic rings. The van der Waals surface area contributed by atoms with E-state index in [1.165, 1.54) is 0 Å². The van der Waals surface area contributed by atoms with Gasteiger partial charge in [-0.05, 0) is 87.1 Å². The molecule has 0 spiro atoms. The van der Waals surface area contributed by atoms with E-state index < -0.39 is 44.8 Å². The first-order valence-electron chi connectivity index (χ1n) is 14.4. The van der Waals surface area contributed by atoms with Gasteiger partial charge in [-0.15, -0.1) is 0 Å². The number of halogens is 2. The Balaban J connectivity index is 1.60. The summed E-state index contributed by atoms with van der Waals surface area (Å²) < 4.78 is 32.8. The number of para-hydroxylation sites is 1. The fraction of sp³-hybridized carbons (Fsp3) is 0.394. The molecule has 228 valence electrons. The molecule has 43 heavy (non-hydrogen) atoms. The van der Waals surface area contributed by atoms with Gasteiger partial charge in [0.25, 0.3) is 5.91 Å². The number of nitrogens with zero attached hydrogens (tertiary/aromatic N) is 1. The lowest BCUT2D eigenvalue weighted by molar-refractivity contribution is -0.180. The maximum Gasteiger partial charge on any atom is 0.253 e. The Kier molecular flexibility index (Phi) is 9.23. The Labute approximate surface area is 263 Å².